The van der Waals surface area contributed by atoms with E-state index in [0.717, 1.165) is 6.07 Å². The van der Waals surface area contributed by atoms with Crippen LogP contribution in [0.2, 0.25) is 0 Å². The van der Waals surface area contributed by atoms with Crippen molar-refractivity contribution in [2.45, 2.75) is 37.6 Å². The molecule has 0 spiro atoms. The number of carbonyl (C=O) groups excluding carboxylic acids is 1. The number of Topliss-reactive ketones (excluding diaryl/α,β-unsaturated/α-hetero) is 1. The Bertz CT molecular complexity index is 544. The van der Waals surface area contributed by atoms with Crippen LogP contribution in [0.15, 0.2) is 18.2 Å². The summed E-state index contributed by atoms with van der Waals surface area (Å²) in [4.78, 5) is 11.2. The van der Waals surface area contributed by atoms with Gasteiger partial charge in [-0.15, -0.1) is 0 Å². The third-order valence-electron chi connectivity index (χ3n) is 3.45. The van der Waals surface area contributed by atoms with E-state index in [0.29, 0.717) is 0 Å². The number of rotatable bonds is 4. The van der Waals surface area contributed by atoms with Crippen LogP contribution in [0.3, 0.4) is 0 Å². The number of benzene rings is 1. The lowest BCUT2D eigenvalue weighted by Gasteiger charge is -2.39. The van der Waals surface area contributed by atoms with E-state index in [9.17, 15) is 25.2 Å². The topological polar surface area (TPSA) is 137 Å². The summed E-state index contributed by atoms with van der Waals surface area (Å²) in [5.74, 6) is -0.529. The molecule has 0 aromatic heterocycles. The van der Waals surface area contributed by atoms with Gasteiger partial charge in [0.15, 0.2) is 5.78 Å². The van der Waals surface area contributed by atoms with Crippen molar-refractivity contribution in [2.75, 3.05) is 6.61 Å². The van der Waals surface area contributed by atoms with Crippen molar-refractivity contribution in [3.63, 3.8) is 0 Å². The fraction of sp³-hybridized carbons (Fsp3) is 0.500. The number of carbonyl (C=O) groups is 1. The molecule has 0 amide bonds. The zero-order chi connectivity index (χ0) is 16.4. The molecule has 1 aromatic carbocycles. The lowest BCUT2D eigenvalue weighted by atomic mass is 9.99. The Hall–Kier alpha value is -1.71. The summed E-state index contributed by atoms with van der Waals surface area (Å²) in [5.41, 5.74) is 0.112. The molecular weight excluding hydrogens is 296 g/mol. The van der Waals surface area contributed by atoms with Gasteiger partial charge in [0.1, 0.15) is 35.9 Å². The molecule has 5 N–H and O–H groups in total. The number of phenols is 1. The molecule has 122 valence electrons. The Balaban J connectivity index is 2.15. The summed E-state index contributed by atoms with van der Waals surface area (Å²) in [6.07, 6.45) is -7.02. The molecule has 1 heterocycles. The highest BCUT2D eigenvalue weighted by Crippen LogP contribution is 2.28. The highest BCUT2D eigenvalue weighted by atomic mass is 16.7. The number of phenolic OH excluding ortho intramolecular Hbond substituents is 1. The summed E-state index contributed by atoms with van der Waals surface area (Å²) in [6.45, 7) is 0.729. The normalized spacial score (nSPS) is 31.8. The standard InChI is InChI=1S/C14H18O8/c1-6(16)8-3-2-7(4-9(8)17)21-14-13(20)12(19)11(18)10(5-15)22-14/h2-4,10-15,17-20H,5H2,1H3/t10-,11-,12+,13-,14-/m1/s1. The van der Waals surface area contributed by atoms with Gasteiger partial charge in [-0.1, -0.05) is 0 Å². The maximum Gasteiger partial charge on any atom is 0.229 e. The first-order valence-corrected chi connectivity index (χ1v) is 6.66. The van der Waals surface area contributed by atoms with Crippen molar-refractivity contribution in [3.8, 4) is 11.5 Å². The number of aliphatic hydroxyl groups excluding tert-OH is 4. The van der Waals surface area contributed by atoms with Crippen LogP contribution in [0, 0.1) is 0 Å². The van der Waals surface area contributed by atoms with Crippen LogP contribution >= 0.6 is 0 Å². The van der Waals surface area contributed by atoms with Crippen LogP contribution in [-0.2, 0) is 4.74 Å². The van der Waals surface area contributed by atoms with Crippen molar-refractivity contribution in [1.82, 2.24) is 0 Å². The Labute approximate surface area is 126 Å². The number of hydrogen-bond donors (Lipinski definition) is 5. The molecule has 1 aliphatic heterocycles. The first kappa shape index (κ1) is 16.7. The van der Waals surface area contributed by atoms with E-state index < -0.39 is 37.3 Å². The van der Waals surface area contributed by atoms with Crippen LogP contribution in [0.1, 0.15) is 17.3 Å². The molecule has 8 heteroatoms. The molecule has 0 bridgehead atoms. The first-order valence-electron chi connectivity index (χ1n) is 6.66. The first-order chi connectivity index (χ1) is 10.3. The van der Waals surface area contributed by atoms with Crippen molar-refractivity contribution in [1.29, 1.82) is 0 Å². The van der Waals surface area contributed by atoms with Crippen molar-refractivity contribution < 1.29 is 39.8 Å². The Morgan fingerprint density at radius 2 is 1.91 bits per heavy atom. The van der Waals surface area contributed by atoms with Crippen LogP contribution in [0.5, 0.6) is 11.5 Å². The molecule has 0 radical (unpaired) electrons. The quantitative estimate of drug-likeness (QED) is 0.436. The molecule has 1 aromatic rings. The van der Waals surface area contributed by atoms with Crippen molar-refractivity contribution >= 4 is 5.78 Å². The minimum Gasteiger partial charge on any atom is -0.507 e. The number of hydrogen-bond acceptors (Lipinski definition) is 8. The molecule has 1 saturated heterocycles. The maximum atomic E-state index is 11.2. The van der Waals surface area contributed by atoms with E-state index in [1.165, 1.54) is 19.1 Å². The molecule has 0 saturated carbocycles. The van der Waals surface area contributed by atoms with E-state index in [4.69, 9.17) is 14.6 Å². The van der Waals surface area contributed by atoms with Gasteiger partial charge >= 0.3 is 0 Å². The van der Waals surface area contributed by atoms with Gasteiger partial charge in [-0.3, -0.25) is 4.79 Å². The predicted molar refractivity (Wildman–Crippen MR) is 72.5 cm³/mol. The summed E-state index contributed by atoms with van der Waals surface area (Å²) in [7, 11) is 0. The third kappa shape index (κ3) is 3.21. The van der Waals surface area contributed by atoms with Crippen molar-refractivity contribution in [2.24, 2.45) is 0 Å². The second kappa shape index (κ2) is 6.59. The molecule has 1 aliphatic rings. The zero-order valence-corrected chi connectivity index (χ0v) is 11.8. The van der Waals surface area contributed by atoms with Gasteiger partial charge in [-0.25, -0.2) is 0 Å². The van der Waals surface area contributed by atoms with E-state index in [1.54, 1.807) is 0 Å². The van der Waals surface area contributed by atoms with Crippen LogP contribution in [0.25, 0.3) is 0 Å². The fourth-order valence-corrected chi connectivity index (χ4v) is 2.18. The number of aromatic hydroxyl groups is 1. The number of ketones is 1. The Kier molecular flexibility index (Phi) is 4.99. The molecule has 2 rings (SSSR count). The molecule has 8 nitrogen and oxygen atoms in total. The molecule has 0 unspecified atom stereocenters. The van der Waals surface area contributed by atoms with Crippen LogP contribution < -0.4 is 4.74 Å². The van der Waals surface area contributed by atoms with Gasteiger partial charge in [0.25, 0.3) is 0 Å². The van der Waals surface area contributed by atoms with Crippen molar-refractivity contribution in [3.05, 3.63) is 23.8 Å². The highest BCUT2D eigenvalue weighted by molar-refractivity contribution is 5.96. The molecule has 22 heavy (non-hydrogen) atoms. The lowest BCUT2D eigenvalue weighted by molar-refractivity contribution is -0.277. The average Bonchev–Trinajstić information content (AvgIpc) is 2.47. The number of ether oxygens (including phenoxy) is 2. The molecular formula is C14H18O8. The van der Waals surface area contributed by atoms with E-state index in [-0.39, 0.29) is 22.8 Å². The van der Waals surface area contributed by atoms with Gasteiger partial charge in [0.05, 0.1) is 12.2 Å². The molecule has 1 fully saturated rings. The fourth-order valence-electron chi connectivity index (χ4n) is 2.18. The minimum atomic E-state index is -1.55. The monoisotopic (exact) mass is 314 g/mol. The van der Waals surface area contributed by atoms with E-state index in [2.05, 4.69) is 0 Å². The zero-order valence-electron chi connectivity index (χ0n) is 11.8. The van der Waals surface area contributed by atoms with E-state index >= 15 is 0 Å². The van der Waals surface area contributed by atoms with Gasteiger partial charge in [-0.2, -0.15) is 0 Å². The second-order valence-corrected chi connectivity index (χ2v) is 5.05. The smallest absolute Gasteiger partial charge is 0.229 e. The summed E-state index contributed by atoms with van der Waals surface area (Å²) < 4.78 is 10.5. The largest absolute Gasteiger partial charge is 0.507 e. The predicted octanol–water partition coefficient (Wildman–Crippen LogP) is -1.23. The number of aliphatic hydroxyl groups is 4. The van der Waals surface area contributed by atoms with Gasteiger partial charge in [0.2, 0.25) is 6.29 Å². The van der Waals surface area contributed by atoms with Gasteiger partial charge in [0, 0.05) is 6.07 Å². The maximum absolute atomic E-state index is 11.2. The summed E-state index contributed by atoms with van der Waals surface area (Å²) >= 11 is 0. The average molecular weight is 314 g/mol. The van der Waals surface area contributed by atoms with Gasteiger partial charge < -0.3 is 35.0 Å². The lowest BCUT2D eigenvalue weighted by Crippen LogP contribution is -2.60. The third-order valence-corrected chi connectivity index (χ3v) is 3.45. The highest BCUT2D eigenvalue weighted by Gasteiger charge is 2.44. The molecule has 0 aliphatic carbocycles. The second-order valence-electron chi connectivity index (χ2n) is 5.05. The Morgan fingerprint density at radius 3 is 2.45 bits per heavy atom. The summed E-state index contributed by atoms with van der Waals surface area (Å²) in [6, 6.07) is 3.90. The summed E-state index contributed by atoms with van der Waals surface area (Å²) in [5, 5.41) is 47.9. The Morgan fingerprint density at radius 1 is 1.23 bits per heavy atom. The SMILES string of the molecule is CC(=O)c1ccc(O[C@@H]2O[C@H](CO)[C@@H](O)[C@H](O)[C@H]2O)cc1O. The van der Waals surface area contributed by atoms with Crippen LogP contribution in [-0.4, -0.2) is 68.6 Å². The minimum absolute atomic E-state index is 0.0897. The van der Waals surface area contributed by atoms with Gasteiger partial charge in [-0.05, 0) is 19.1 Å². The molecule has 5 atom stereocenters. The van der Waals surface area contributed by atoms with Crippen LogP contribution in [0.4, 0.5) is 0 Å². The van der Waals surface area contributed by atoms with E-state index in [1.807, 2.05) is 0 Å².